The quantitative estimate of drug-likeness (QED) is 0.0274. The number of carbonyl (C=O) groups excluding carboxylic acids is 18. The monoisotopic (exact) mass is 1970 g/mol. The third-order valence-corrected chi connectivity index (χ3v) is 22.3. The number of hydrogen-bond donors (Lipinski definition) is 25. The summed E-state index contributed by atoms with van der Waals surface area (Å²) in [5.41, 5.74) is 15.4. The van der Waals surface area contributed by atoms with E-state index in [2.05, 4.69) is 69.5 Å². The number of benzene rings is 2. The van der Waals surface area contributed by atoms with Gasteiger partial charge in [0, 0.05) is 63.6 Å². The minimum Gasteiger partial charge on any atom is -0.501 e. The molecule has 17 atom stereocenters. The summed E-state index contributed by atoms with van der Waals surface area (Å²) in [7, 11) is 0. The number of primary amides is 1. The van der Waals surface area contributed by atoms with Gasteiger partial charge in [-0.15, -0.1) is 0 Å². The molecule has 2 heterocycles. The van der Waals surface area contributed by atoms with Crippen molar-refractivity contribution in [2.45, 2.75) is 267 Å². The van der Waals surface area contributed by atoms with E-state index in [1.165, 1.54) is 12.2 Å². The number of aliphatic hydroxyl groups is 2. The number of nitrogens with two attached hydrogens (primary N) is 2. The van der Waals surface area contributed by atoms with Crippen LogP contribution in [0, 0.1) is 11.8 Å². The molecule has 0 radical (unpaired) electrons. The van der Waals surface area contributed by atoms with Crippen LogP contribution in [0.25, 0.3) is 0 Å². The van der Waals surface area contributed by atoms with Crippen molar-refractivity contribution in [2.75, 3.05) is 26.2 Å². The van der Waals surface area contributed by atoms with E-state index in [0.717, 1.165) is 30.6 Å². The molecule has 2 aliphatic heterocycles. The number of amides is 18. The Balaban J connectivity index is 1.22. The van der Waals surface area contributed by atoms with Crippen LogP contribution >= 0.6 is 0 Å². The molecule has 0 saturated carbocycles. The molecule has 51 heteroatoms. The lowest BCUT2D eigenvalue weighted by atomic mass is 10.0. The summed E-state index contributed by atoms with van der Waals surface area (Å²) >= 11 is 0. The van der Waals surface area contributed by atoms with Gasteiger partial charge in [-0.2, -0.15) is 0 Å². The van der Waals surface area contributed by atoms with Gasteiger partial charge in [-0.25, -0.2) is 4.79 Å². The highest BCUT2D eigenvalue weighted by molar-refractivity contribution is 6.03. The minimum absolute atomic E-state index is 0.0148. The molecule has 0 aromatic heterocycles. The van der Waals surface area contributed by atoms with Crippen molar-refractivity contribution < 1.29 is 156 Å². The first-order valence-electron chi connectivity index (χ1n) is 44.9. The Morgan fingerprint density at radius 2 is 0.736 bits per heavy atom. The molecule has 0 bridgehead atoms. The number of carboxylic acid groups (broad SMARTS) is 6. The maximum absolute atomic E-state index is 14.8. The number of hydrogen-bond acceptors (Lipinski definition) is 27. The fourth-order valence-corrected chi connectivity index (χ4v) is 14.7. The van der Waals surface area contributed by atoms with Crippen LogP contribution in [0.3, 0.4) is 0 Å². The molecule has 1 aliphatic carbocycles. The van der Waals surface area contributed by atoms with Gasteiger partial charge in [0.2, 0.25) is 106 Å². The summed E-state index contributed by atoms with van der Waals surface area (Å²) in [5, 5.41) is 113. The van der Waals surface area contributed by atoms with E-state index in [1.54, 1.807) is 88.4 Å². The summed E-state index contributed by atoms with van der Waals surface area (Å²) in [4.78, 5) is 323. The van der Waals surface area contributed by atoms with Crippen LogP contribution in [0.2, 0.25) is 0 Å². The summed E-state index contributed by atoms with van der Waals surface area (Å²) in [6.45, 7) is 7.53. The zero-order chi connectivity index (χ0) is 105. The van der Waals surface area contributed by atoms with Crippen molar-refractivity contribution in [1.29, 1.82) is 0 Å². The molecular weight excluding hydrogens is 1850 g/mol. The highest BCUT2D eigenvalue weighted by atomic mass is 16.4. The number of carbonyl (C=O) groups is 24. The number of allylic oxidation sites excluding steroid dienone is 1. The van der Waals surface area contributed by atoms with Gasteiger partial charge in [-0.3, -0.25) is 110 Å². The first-order valence-corrected chi connectivity index (χ1v) is 44.9. The fraction of sp³-hybridized carbons (Fsp3) is 0.539. The van der Waals surface area contributed by atoms with Gasteiger partial charge in [-0.1, -0.05) is 94.1 Å². The Labute approximate surface area is 801 Å². The molecule has 2 fully saturated rings. The lowest BCUT2D eigenvalue weighted by molar-refractivity contribution is -0.143. The van der Waals surface area contributed by atoms with Crippen LogP contribution in [0.15, 0.2) is 89.9 Å². The first-order chi connectivity index (χ1) is 65.9. The Morgan fingerprint density at radius 1 is 0.386 bits per heavy atom. The largest absolute Gasteiger partial charge is 0.501 e. The van der Waals surface area contributed by atoms with Gasteiger partial charge in [0.05, 0.1) is 32.0 Å². The molecule has 0 spiro atoms. The van der Waals surface area contributed by atoms with Crippen LogP contribution in [0.4, 0.5) is 0 Å². The maximum Gasteiger partial charge on any atom is 0.326 e. The third kappa shape index (κ3) is 38.7. The van der Waals surface area contributed by atoms with Gasteiger partial charge < -0.3 is 142 Å². The molecule has 2 saturated heterocycles. The first kappa shape index (κ1) is 115. The standard InChI is InChI=1S/C89H123N19O32/c1-43(2)34-56(81(131)98-54(26-30-69(117)118)79(129)105-61(89(139)140)37-49-18-12-9-13-19-49)101-84(134)63-20-14-32-107(63)87(137)59(36-48-16-10-8-11-17-48)103-75(125)47(7)94-77(127)52(24-28-67(113)114)96-74(124)46(6)95-83(133)62(42-109)106-80(130)55(27-31-70(119)120)99-82(132)58(40-71(121)122)100-78(128)53(25-29-68(115)116)97-73(123)45(5)93-66(112)41-92-76(126)57(39-65(90)111)102-85(135)64-21-15-33-108(64)88(138)60(38-50-22-23-51(110)35-50)104-86(136)72(91)44(3)4/h8-13,16-19,22-23,43-47,52-64,72,109-110H,14-15,20-21,24-34,36-42,91H2,1-7H3,(H2,90,111)(H,92,126)(H,93,112)(H,94,127)(H,95,133)(H,96,124)(H,97,123)(H,98,131)(H,99,132)(H,100,128)(H,101,134)(H,102,135)(H,103,125)(H,104,136)(H,105,129)(H,106,130)(H,113,114)(H,115,116)(H,117,118)(H,119,120)(H,121,122)(H,139,140)/t45-,46-,47-,52-,53-,54-,55-,56-,57-,58-,59-,60-,61-,62-,63-,64-,72-/m0/s1. The molecule has 140 heavy (non-hydrogen) atoms. The Bertz CT molecular complexity index is 4990. The molecule has 18 amide bonds. The highest BCUT2D eigenvalue weighted by Gasteiger charge is 2.44. The predicted octanol–water partition coefficient (Wildman–Crippen LogP) is -6.74. The van der Waals surface area contributed by atoms with Gasteiger partial charge in [0.15, 0.2) is 5.76 Å². The zero-order valence-corrected chi connectivity index (χ0v) is 77.9. The number of aliphatic carboxylic acids is 6. The van der Waals surface area contributed by atoms with Crippen LogP contribution in [0.5, 0.6) is 0 Å². The Kier molecular flexibility index (Phi) is 46.4. The smallest absolute Gasteiger partial charge is 0.326 e. The van der Waals surface area contributed by atoms with E-state index in [1.807, 2.05) is 16.0 Å². The normalized spacial score (nSPS) is 16.9. The van der Waals surface area contributed by atoms with Crippen LogP contribution in [-0.2, 0) is 128 Å². The lowest BCUT2D eigenvalue weighted by Gasteiger charge is -2.31. The molecular formula is C89H123N19O32. The van der Waals surface area contributed by atoms with E-state index in [-0.39, 0.29) is 82.1 Å². The number of nitrogens with one attached hydrogen (secondary N) is 15. The number of aliphatic hydroxyl groups excluding tert-OH is 2. The van der Waals surface area contributed by atoms with Crippen molar-refractivity contribution in [3.8, 4) is 0 Å². The van der Waals surface area contributed by atoms with E-state index in [4.69, 9.17) is 11.5 Å². The van der Waals surface area contributed by atoms with Gasteiger partial charge in [0.25, 0.3) is 0 Å². The number of rotatable bonds is 59. The Hall–Kier alpha value is -15.3. The molecule has 2 aromatic carbocycles. The summed E-state index contributed by atoms with van der Waals surface area (Å²) in [5.74, 6) is -30.4. The number of carboxylic acids is 6. The molecule has 2 aromatic rings. The average molecular weight is 1970 g/mol. The highest BCUT2D eigenvalue weighted by Crippen LogP contribution is 2.25. The maximum atomic E-state index is 14.8. The topological polar surface area (TPSA) is 810 Å². The SMILES string of the molecule is CC(C)C[C@H](NC(=O)[C@@H]1CCCN1C(=O)[C@H](Cc1ccccc1)NC(=O)[C@H](C)NC(=O)[C@H](CCC(=O)O)NC(=O)[C@H](C)NC(=O)[C@H](CO)NC(=O)[C@H](CCC(=O)O)NC(=O)[C@H](CC(=O)O)NC(=O)[C@H](CCC(=O)O)NC(=O)[C@H](C)NC(=O)CNC(=O)[C@H](CC(N)=O)NC(=O)[C@@H]1CCCN1C(=O)[C@H](CC1=C=C(O)C=C1)NC(=O)[C@@H](N)C(C)C)C(=O)N[C@@H](CCC(=O)O)C(=O)N[C@@H](Cc1ccccc1)C(=O)O. The van der Waals surface area contributed by atoms with Gasteiger partial charge in [-0.05, 0) is 114 Å². The molecule has 766 valence electrons. The second-order valence-corrected chi connectivity index (χ2v) is 34.4. The number of likely N-dealkylation sites (tertiary alicyclic amines) is 2. The Morgan fingerprint density at radius 3 is 1.13 bits per heavy atom. The molecule has 0 unspecified atom stereocenters. The van der Waals surface area contributed by atoms with Crippen molar-refractivity contribution in [3.05, 3.63) is 101 Å². The molecule has 3 aliphatic rings. The summed E-state index contributed by atoms with van der Waals surface area (Å²) in [6.07, 6.45) is -5.82. The molecule has 51 nitrogen and oxygen atoms in total. The van der Waals surface area contributed by atoms with E-state index >= 15 is 0 Å². The van der Waals surface area contributed by atoms with E-state index < -0.39 is 322 Å². The summed E-state index contributed by atoms with van der Waals surface area (Å²) in [6, 6.07) is -11.9. The van der Waals surface area contributed by atoms with Gasteiger partial charge in [0.1, 0.15) is 96.7 Å². The summed E-state index contributed by atoms with van der Waals surface area (Å²) < 4.78 is 0. The van der Waals surface area contributed by atoms with Crippen molar-refractivity contribution in [1.82, 2.24) is 89.6 Å². The van der Waals surface area contributed by atoms with Crippen molar-refractivity contribution in [3.63, 3.8) is 0 Å². The van der Waals surface area contributed by atoms with Crippen molar-refractivity contribution >= 4 is 142 Å². The average Bonchev–Trinajstić information content (AvgIpc) is 1.67. The van der Waals surface area contributed by atoms with E-state index in [0.29, 0.717) is 16.7 Å². The van der Waals surface area contributed by atoms with Gasteiger partial charge >= 0.3 is 35.8 Å². The fourth-order valence-electron chi connectivity index (χ4n) is 14.7. The third-order valence-electron chi connectivity index (χ3n) is 22.3. The van der Waals surface area contributed by atoms with Crippen LogP contribution in [0.1, 0.15) is 162 Å². The van der Waals surface area contributed by atoms with Crippen molar-refractivity contribution in [2.24, 2.45) is 23.3 Å². The second kappa shape index (κ2) is 56.4. The lowest BCUT2D eigenvalue weighted by Crippen LogP contribution is -2.61. The number of nitrogens with zero attached hydrogens (tertiary/aromatic N) is 2. The van der Waals surface area contributed by atoms with Crippen LogP contribution < -0.4 is 91.2 Å². The predicted molar refractivity (Wildman–Crippen MR) is 484 cm³/mol. The second-order valence-electron chi connectivity index (χ2n) is 34.4. The molecule has 27 N–H and O–H groups in total. The van der Waals surface area contributed by atoms with E-state index in [9.17, 15) is 156 Å². The minimum atomic E-state index is -2.29. The zero-order valence-electron chi connectivity index (χ0n) is 77.9. The van der Waals surface area contributed by atoms with Crippen LogP contribution in [-0.4, -0.2) is 322 Å². The molecule has 5 rings (SSSR count).